The van der Waals surface area contributed by atoms with Crippen molar-refractivity contribution in [1.29, 1.82) is 0 Å². The second-order valence-electron chi connectivity index (χ2n) is 6.31. The first-order chi connectivity index (χ1) is 11.6. The Morgan fingerprint density at radius 1 is 1.25 bits per heavy atom. The minimum atomic E-state index is -0.0506. The number of aryl methyl sites for hydroxylation is 1. The number of carbonyl (C=O) groups is 1. The van der Waals surface area contributed by atoms with Crippen LogP contribution in [0.15, 0.2) is 40.8 Å². The summed E-state index contributed by atoms with van der Waals surface area (Å²) in [4.78, 5) is 11.6. The van der Waals surface area contributed by atoms with Gasteiger partial charge in [-0.15, -0.1) is 0 Å². The summed E-state index contributed by atoms with van der Waals surface area (Å²) in [7, 11) is 0. The molecule has 2 N–H and O–H groups in total. The number of carbonyl (C=O) groups excluding carboxylic acids is 1. The quantitative estimate of drug-likeness (QED) is 0.781. The number of ether oxygens (including phenoxy) is 1. The number of nitrogens with one attached hydrogen (secondary N) is 2. The maximum absolute atomic E-state index is 11.6. The molecule has 5 nitrogen and oxygen atoms in total. The Kier molecular flexibility index (Phi) is 5.20. The van der Waals surface area contributed by atoms with Gasteiger partial charge in [-0.05, 0) is 56.5 Å². The van der Waals surface area contributed by atoms with Crippen molar-refractivity contribution in [1.82, 2.24) is 10.6 Å². The molecule has 1 aromatic heterocycles. The minimum Gasteiger partial charge on any atom is -0.484 e. The molecule has 1 saturated carbocycles. The van der Waals surface area contributed by atoms with Gasteiger partial charge >= 0.3 is 0 Å². The molecule has 1 aliphatic carbocycles. The van der Waals surface area contributed by atoms with E-state index in [0.717, 1.165) is 29.9 Å². The Hall–Kier alpha value is -2.27. The normalized spacial score (nSPS) is 15.1. The number of amides is 1. The lowest BCUT2D eigenvalue weighted by Gasteiger charge is -2.14. The van der Waals surface area contributed by atoms with Gasteiger partial charge in [-0.25, -0.2) is 0 Å². The van der Waals surface area contributed by atoms with Gasteiger partial charge in [0, 0.05) is 12.1 Å². The highest BCUT2D eigenvalue weighted by Crippen LogP contribution is 2.20. The number of hydrogen-bond donors (Lipinski definition) is 2. The molecular formula is C19H24N2O3. The van der Waals surface area contributed by atoms with E-state index in [2.05, 4.69) is 17.6 Å². The van der Waals surface area contributed by atoms with Gasteiger partial charge < -0.3 is 19.8 Å². The highest BCUT2D eigenvalue weighted by Gasteiger charge is 2.23. The van der Waals surface area contributed by atoms with Crippen molar-refractivity contribution in [2.24, 2.45) is 0 Å². The van der Waals surface area contributed by atoms with Gasteiger partial charge in [0.25, 0.3) is 5.91 Å². The van der Waals surface area contributed by atoms with E-state index >= 15 is 0 Å². The molecule has 2 aromatic rings. The Bertz CT molecular complexity index is 674. The van der Waals surface area contributed by atoms with Crippen LogP contribution in [0, 0.1) is 6.92 Å². The zero-order valence-corrected chi connectivity index (χ0v) is 14.2. The summed E-state index contributed by atoms with van der Waals surface area (Å²) in [5.74, 6) is 2.51. The molecule has 1 atom stereocenters. The van der Waals surface area contributed by atoms with Crippen molar-refractivity contribution < 1.29 is 13.9 Å². The van der Waals surface area contributed by atoms with E-state index in [-0.39, 0.29) is 18.6 Å². The molecule has 5 heteroatoms. The lowest BCUT2D eigenvalue weighted by Crippen LogP contribution is -2.30. The highest BCUT2D eigenvalue weighted by atomic mass is 16.5. The average molecular weight is 328 g/mol. The van der Waals surface area contributed by atoms with Crippen LogP contribution in [0.1, 0.15) is 42.9 Å². The van der Waals surface area contributed by atoms with Gasteiger partial charge in [-0.3, -0.25) is 4.79 Å². The second-order valence-corrected chi connectivity index (χ2v) is 6.31. The molecule has 0 bridgehead atoms. The molecule has 1 amide bonds. The molecule has 0 saturated heterocycles. The molecule has 0 aliphatic heterocycles. The van der Waals surface area contributed by atoms with Gasteiger partial charge in [-0.1, -0.05) is 12.1 Å². The summed E-state index contributed by atoms with van der Waals surface area (Å²) in [6.45, 7) is 4.81. The molecule has 1 aliphatic rings. The fraction of sp³-hybridized carbons (Fsp3) is 0.421. The average Bonchev–Trinajstić information content (AvgIpc) is 3.30. The maximum atomic E-state index is 11.6. The largest absolute Gasteiger partial charge is 0.484 e. The monoisotopic (exact) mass is 328 g/mol. The highest BCUT2D eigenvalue weighted by molar-refractivity contribution is 5.78. The third-order valence-electron chi connectivity index (χ3n) is 4.07. The molecule has 1 aromatic carbocycles. The maximum Gasteiger partial charge on any atom is 0.258 e. The lowest BCUT2D eigenvalue weighted by molar-refractivity contribution is -0.123. The van der Waals surface area contributed by atoms with Crippen molar-refractivity contribution in [3.05, 3.63) is 53.5 Å². The zero-order chi connectivity index (χ0) is 16.9. The minimum absolute atomic E-state index is 0.0506. The van der Waals surface area contributed by atoms with Gasteiger partial charge in [0.2, 0.25) is 0 Å². The van der Waals surface area contributed by atoms with Gasteiger partial charge in [-0.2, -0.15) is 0 Å². The summed E-state index contributed by atoms with van der Waals surface area (Å²) in [5.41, 5.74) is 1.16. The van der Waals surface area contributed by atoms with Crippen LogP contribution in [0.5, 0.6) is 5.75 Å². The molecule has 24 heavy (non-hydrogen) atoms. The van der Waals surface area contributed by atoms with E-state index in [1.165, 1.54) is 0 Å². The second kappa shape index (κ2) is 7.53. The lowest BCUT2D eigenvalue weighted by atomic mass is 10.1. The molecule has 128 valence electrons. The zero-order valence-electron chi connectivity index (χ0n) is 14.2. The van der Waals surface area contributed by atoms with Gasteiger partial charge in [0.1, 0.15) is 17.3 Å². The SMILES string of the molecule is Cc1ccc(CN[C@@H](C)c2ccc(OCC(=O)NC3CC3)cc2)o1. The molecule has 1 heterocycles. The van der Waals surface area contributed by atoms with Gasteiger partial charge in [0.15, 0.2) is 6.61 Å². The van der Waals surface area contributed by atoms with E-state index in [4.69, 9.17) is 9.15 Å². The first-order valence-corrected chi connectivity index (χ1v) is 8.41. The van der Waals surface area contributed by atoms with Crippen LogP contribution in [-0.2, 0) is 11.3 Å². The van der Waals surface area contributed by atoms with Crippen LogP contribution in [0.4, 0.5) is 0 Å². The van der Waals surface area contributed by atoms with Crippen molar-refractivity contribution in [2.75, 3.05) is 6.61 Å². The van der Waals surface area contributed by atoms with E-state index in [1.54, 1.807) is 0 Å². The van der Waals surface area contributed by atoms with E-state index in [0.29, 0.717) is 18.3 Å². The summed E-state index contributed by atoms with van der Waals surface area (Å²) in [6, 6.07) is 12.3. The smallest absolute Gasteiger partial charge is 0.258 e. The third kappa shape index (κ3) is 4.86. The van der Waals surface area contributed by atoms with E-state index in [1.807, 2.05) is 43.3 Å². The number of benzene rings is 1. The molecule has 0 spiro atoms. The standard InChI is InChI=1S/C19H24N2O3/c1-13-3-8-18(24-13)11-20-14(2)15-4-9-17(10-5-15)23-12-19(22)21-16-6-7-16/h3-5,8-10,14,16,20H,6-7,11-12H2,1-2H3,(H,21,22)/t14-/m0/s1. The first-order valence-electron chi connectivity index (χ1n) is 8.41. The molecule has 0 radical (unpaired) electrons. The molecule has 0 unspecified atom stereocenters. The Morgan fingerprint density at radius 3 is 2.62 bits per heavy atom. The summed E-state index contributed by atoms with van der Waals surface area (Å²) in [6.07, 6.45) is 2.17. The summed E-state index contributed by atoms with van der Waals surface area (Å²) >= 11 is 0. The fourth-order valence-corrected chi connectivity index (χ4v) is 2.45. The molecule has 3 rings (SSSR count). The predicted octanol–water partition coefficient (Wildman–Crippen LogP) is 3.10. The van der Waals surface area contributed by atoms with Crippen LogP contribution < -0.4 is 15.4 Å². The van der Waals surface area contributed by atoms with Crippen LogP contribution in [0.3, 0.4) is 0 Å². The molecule has 1 fully saturated rings. The van der Waals surface area contributed by atoms with E-state index < -0.39 is 0 Å². The van der Waals surface area contributed by atoms with Crippen LogP contribution in [0.25, 0.3) is 0 Å². The summed E-state index contributed by atoms with van der Waals surface area (Å²) < 4.78 is 11.1. The Morgan fingerprint density at radius 2 is 2.00 bits per heavy atom. The fourth-order valence-electron chi connectivity index (χ4n) is 2.45. The third-order valence-corrected chi connectivity index (χ3v) is 4.07. The predicted molar refractivity (Wildman–Crippen MR) is 91.8 cm³/mol. The Labute approximate surface area is 142 Å². The van der Waals surface area contributed by atoms with Crippen LogP contribution >= 0.6 is 0 Å². The van der Waals surface area contributed by atoms with Crippen molar-refractivity contribution >= 4 is 5.91 Å². The van der Waals surface area contributed by atoms with Crippen molar-refractivity contribution in [3.8, 4) is 5.75 Å². The Balaban J connectivity index is 1.45. The summed E-state index contributed by atoms with van der Waals surface area (Å²) in [5, 5.41) is 6.33. The number of rotatable bonds is 8. The van der Waals surface area contributed by atoms with Crippen LogP contribution in [-0.4, -0.2) is 18.6 Å². The van der Waals surface area contributed by atoms with Crippen molar-refractivity contribution in [2.45, 2.75) is 45.3 Å². The molecular weight excluding hydrogens is 304 g/mol. The van der Waals surface area contributed by atoms with E-state index in [9.17, 15) is 4.79 Å². The van der Waals surface area contributed by atoms with Gasteiger partial charge in [0.05, 0.1) is 6.54 Å². The van der Waals surface area contributed by atoms with Crippen molar-refractivity contribution in [3.63, 3.8) is 0 Å². The topological polar surface area (TPSA) is 63.5 Å². The van der Waals surface area contributed by atoms with Crippen LogP contribution in [0.2, 0.25) is 0 Å². The number of furan rings is 1. The number of hydrogen-bond acceptors (Lipinski definition) is 4. The first kappa shape index (κ1) is 16.6.